The fraction of sp³-hybridized carbons (Fsp3) is 0.833. The Labute approximate surface area is 72.5 Å². The molecule has 2 saturated heterocycles. The third-order valence-electron chi connectivity index (χ3n) is 1.94. The minimum absolute atomic E-state index is 0.334. The minimum Gasteiger partial charge on any atom is -0.329 e. The predicted molar refractivity (Wildman–Crippen MR) is 45.3 cm³/mol. The molecule has 2 fully saturated rings. The molecule has 0 aromatic rings. The van der Waals surface area contributed by atoms with Crippen LogP contribution >= 0.6 is 27.7 Å². The van der Waals surface area contributed by atoms with Crippen LogP contribution in [-0.4, -0.2) is 33.3 Å². The predicted octanol–water partition coefficient (Wildman–Crippen LogP) is 1.06. The number of β-lactam (4-membered cyclic amide) rings is 1. The molecule has 2 aliphatic rings. The van der Waals surface area contributed by atoms with Crippen LogP contribution in [0.2, 0.25) is 0 Å². The average Bonchev–Trinajstić information content (AvgIpc) is 2.26. The Hall–Kier alpha value is 0.300. The third kappa shape index (κ3) is 0.889. The molecule has 0 bridgehead atoms. The first kappa shape index (κ1) is 6.98. The Morgan fingerprint density at radius 3 is 3.10 bits per heavy atom. The molecule has 56 valence electrons. The van der Waals surface area contributed by atoms with Crippen LogP contribution in [0.3, 0.4) is 0 Å². The number of halogens is 1. The molecule has 10 heavy (non-hydrogen) atoms. The van der Waals surface area contributed by atoms with E-state index in [0.29, 0.717) is 16.5 Å². The SMILES string of the molecule is O=C1CC2SC(CBr)CN12. The van der Waals surface area contributed by atoms with Gasteiger partial charge in [-0.2, -0.15) is 0 Å². The van der Waals surface area contributed by atoms with Crippen LogP contribution in [0.5, 0.6) is 0 Å². The highest BCUT2D eigenvalue weighted by atomic mass is 79.9. The Bertz CT molecular complexity index is 175. The van der Waals surface area contributed by atoms with Crippen molar-refractivity contribution in [3.63, 3.8) is 0 Å². The van der Waals surface area contributed by atoms with Gasteiger partial charge in [0.25, 0.3) is 0 Å². The molecule has 2 rings (SSSR count). The molecular formula is C6H8BrNOS. The van der Waals surface area contributed by atoms with Crippen molar-refractivity contribution in [3.8, 4) is 0 Å². The maximum atomic E-state index is 10.9. The molecule has 0 aromatic carbocycles. The van der Waals surface area contributed by atoms with Crippen LogP contribution in [0.25, 0.3) is 0 Å². The van der Waals surface area contributed by atoms with Gasteiger partial charge in [0.1, 0.15) is 0 Å². The van der Waals surface area contributed by atoms with Crippen molar-refractivity contribution in [2.45, 2.75) is 17.0 Å². The molecule has 0 aromatic heterocycles. The average molecular weight is 222 g/mol. The van der Waals surface area contributed by atoms with Gasteiger partial charge < -0.3 is 4.90 Å². The first-order valence-electron chi connectivity index (χ1n) is 3.32. The van der Waals surface area contributed by atoms with E-state index >= 15 is 0 Å². The smallest absolute Gasteiger partial charge is 0.226 e. The second-order valence-corrected chi connectivity index (χ2v) is 4.75. The summed E-state index contributed by atoms with van der Waals surface area (Å²) in [6.45, 7) is 0.958. The summed E-state index contributed by atoms with van der Waals surface area (Å²) in [5.41, 5.74) is 0. The summed E-state index contributed by atoms with van der Waals surface area (Å²) in [6.07, 6.45) is 0.772. The van der Waals surface area contributed by atoms with Gasteiger partial charge in [0.05, 0.1) is 11.8 Å². The van der Waals surface area contributed by atoms with E-state index in [4.69, 9.17) is 0 Å². The van der Waals surface area contributed by atoms with Gasteiger partial charge in [-0.25, -0.2) is 0 Å². The van der Waals surface area contributed by atoms with Crippen molar-refractivity contribution in [1.29, 1.82) is 0 Å². The van der Waals surface area contributed by atoms with Crippen LogP contribution in [0.4, 0.5) is 0 Å². The lowest BCUT2D eigenvalue weighted by Crippen LogP contribution is -2.47. The van der Waals surface area contributed by atoms with Gasteiger partial charge >= 0.3 is 0 Å². The van der Waals surface area contributed by atoms with E-state index < -0.39 is 0 Å². The third-order valence-corrected chi connectivity index (χ3v) is 4.59. The highest BCUT2D eigenvalue weighted by molar-refractivity contribution is 9.09. The monoisotopic (exact) mass is 221 g/mol. The van der Waals surface area contributed by atoms with Crippen LogP contribution in [0.1, 0.15) is 6.42 Å². The van der Waals surface area contributed by atoms with Crippen LogP contribution in [-0.2, 0) is 4.79 Å². The molecule has 0 saturated carbocycles. The second kappa shape index (κ2) is 2.41. The molecule has 2 unspecified atom stereocenters. The molecule has 1 amide bonds. The number of hydrogen-bond acceptors (Lipinski definition) is 2. The van der Waals surface area contributed by atoms with Gasteiger partial charge in [0.15, 0.2) is 0 Å². The standard InChI is InChI=1S/C6H8BrNOS/c7-2-4-3-8-5(9)1-6(8)10-4/h4,6H,1-3H2. The number of fused-ring (bicyclic) bond motifs is 1. The number of thioether (sulfide) groups is 1. The van der Waals surface area contributed by atoms with Gasteiger partial charge in [-0.3, -0.25) is 4.79 Å². The Balaban J connectivity index is 1.99. The first-order chi connectivity index (χ1) is 4.81. The summed E-state index contributed by atoms with van der Waals surface area (Å²) in [6, 6.07) is 0. The number of carbonyl (C=O) groups is 1. The Morgan fingerprint density at radius 1 is 1.80 bits per heavy atom. The van der Waals surface area contributed by atoms with Crippen LogP contribution in [0, 0.1) is 0 Å². The van der Waals surface area contributed by atoms with Crippen molar-refractivity contribution in [2.24, 2.45) is 0 Å². The largest absolute Gasteiger partial charge is 0.329 e. The summed E-state index contributed by atoms with van der Waals surface area (Å²) in [5, 5.41) is 2.17. The van der Waals surface area contributed by atoms with Crippen molar-refractivity contribution >= 4 is 33.6 Å². The van der Waals surface area contributed by atoms with Crippen LogP contribution < -0.4 is 0 Å². The summed E-state index contributed by atoms with van der Waals surface area (Å²) < 4.78 is 0. The van der Waals surface area contributed by atoms with E-state index in [1.54, 1.807) is 0 Å². The molecule has 0 aliphatic carbocycles. The molecule has 0 spiro atoms. The first-order valence-corrected chi connectivity index (χ1v) is 5.38. The number of nitrogens with zero attached hydrogens (tertiary/aromatic N) is 1. The lowest BCUT2D eigenvalue weighted by molar-refractivity contribution is -0.140. The fourth-order valence-electron chi connectivity index (χ4n) is 1.34. The van der Waals surface area contributed by atoms with E-state index in [9.17, 15) is 4.79 Å². The zero-order valence-corrected chi connectivity index (χ0v) is 7.82. The lowest BCUT2D eigenvalue weighted by Gasteiger charge is -2.32. The maximum Gasteiger partial charge on any atom is 0.226 e. The number of hydrogen-bond donors (Lipinski definition) is 0. The molecule has 2 atom stereocenters. The van der Waals surface area contributed by atoms with Crippen LogP contribution in [0.15, 0.2) is 0 Å². The van der Waals surface area contributed by atoms with Gasteiger partial charge in [0.2, 0.25) is 5.91 Å². The zero-order chi connectivity index (χ0) is 7.14. The van der Waals surface area contributed by atoms with Gasteiger partial charge in [0, 0.05) is 17.1 Å². The summed E-state index contributed by atoms with van der Waals surface area (Å²) >= 11 is 5.34. The van der Waals surface area contributed by atoms with E-state index in [0.717, 1.165) is 18.3 Å². The number of rotatable bonds is 1. The molecule has 0 radical (unpaired) electrons. The van der Waals surface area contributed by atoms with E-state index in [1.165, 1.54) is 0 Å². The quantitative estimate of drug-likeness (QED) is 0.488. The Morgan fingerprint density at radius 2 is 2.60 bits per heavy atom. The van der Waals surface area contributed by atoms with E-state index in [2.05, 4.69) is 15.9 Å². The zero-order valence-electron chi connectivity index (χ0n) is 5.42. The summed E-state index contributed by atoms with van der Waals surface area (Å²) in [4.78, 5) is 12.8. The highest BCUT2D eigenvalue weighted by Gasteiger charge is 2.44. The maximum absolute atomic E-state index is 10.9. The van der Waals surface area contributed by atoms with Crippen molar-refractivity contribution in [3.05, 3.63) is 0 Å². The highest BCUT2D eigenvalue weighted by Crippen LogP contribution is 2.39. The number of alkyl halides is 1. The van der Waals surface area contributed by atoms with Gasteiger partial charge in [-0.1, -0.05) is 15.9 Å². The fourth-order valence-corrected chi connectivity index (χ4v) is 3.35. The normalized spacial score (nSPS) is 37.7. The summed E-state index contributed by atoms with van der Waals surface area (Å²) in [5.74, 6) is 0.334. The molecule has 4 heteroatoms. The number of carbonyl (C=O) groups excluding carboxylic acids is 1. The lowest BCUT2D eigenvalue weighted by atomic mass is 10.2. The number of amides is 1. The van der Waals surface area contributed by atoms with Gasteiger partial charge in [-0.05, 0) is 0 Å². The second-order valence-electron chi connectivity index (χ2n) is 2.62. The topological polar surface area (TPSA) is 20.3 Å². The van der Waals surface area contributed by atoms with Crippen molar-refractivity contribution < 1.29 is 4.79 Å². The van der Waals surface area contributed by atoms with E-state index in [1.807, 2.05) is 16.7 Å². The summed E-state index contributed by atoms with van der Waals surface area (Å²) in [7, 11) is 0. The molecule has 2 heterocycles. The van der Waals surface area contributed by atoms with Crippen molar-refractivity contribution in [1.82, 2.24) is 4.90 Å². The molecular weight excluding hydrogens is 214 g/mol. The minimum atomic E-state index is 0.334. The van der Waals surface area contributed by atoms with Gasteiger partial charge in [-0.15, -0.1) is 11.8 Å². The van der Waals surface area contributed by atoms with Crippen molar-refractivity contribution in [2.75, 3.05) is 11.9 Å². The molecule has 0 N–H and O–H groups in total. The molecule has 2 nitrogen and oxygen atoms in total. The Kier molecular flexibility index (Phi) is 1.68. The van der Waals surface area contributed by atoms with E-state index in [-0.39, 0.29) is 0 Å². The molecule has 2 aliphatic heterocycles.